The van der Waals surface area contributed by atoms with Crippen LogP contribution in [0.15, 0.2) is 21.6 Å². The van der Waals surface area contributed by atoms with Gasteiger partial charge in [-0.05, 0) is 77.2 Å². The molecule has 1 aromatic heterocycles. The van der Waals surface area contributed by atoms with Crippen LogP contribution >= 0.6 is 0 Å². The molecule has 7 nitrogen and oxygen atoms in total. The highest BCUT2D eigenvalue weighted by atomic mass is 32.2. The summed E-state index contributed by atoms with van der Waals surface area (Å²) in [4.78, 5) is 12.4. The SMILES string of the molecule is Cc1cc(C)c(/C=C/c2onc(C)c2S(=O)(=O)N2CCC(C(=O)NC(C)C)CC2)c(C)c1. The molecule has 3 rings (SSSR count). The van der Waals surface area contributed by atoms with Gasteiger partial charge in [-0.25, -0.2) is 8.42 Å². The van der Waals surface area contributed by atoms with Gasteiger partial charge < -0.3 is 9.84 Å². The largest absolute Gasteiger partial charge is 0.355 e. The summed E-state index contributed by atoms with van der Waals surface area (Å²) >= 11 is 0. The minimum Gasteiger partial charge on any atom is -0.355 e. The predicted octanol–water partition coefficient (Wildman–Crippen LogP) is 4.00. The second-order valence-electron chi connectivity index (χ2n) is 8.95. The molecule has 1 N–H and O–H groups in total. The molecule has 0 saturated carbocycles. The number of amides is 1. The van der Waals surface area contributed by atoms with Crippen LogP contribution in [0.1, 0.15) is 60.4 Å². The molecule has 1 aromatic carbocycles. The van der Waals surface area contributed by atoms with Crippen LogP contribution in [0.5, 0.6) is 0 Å². The first-order valence-electron chi connectivity index (χ1n) is 11.0. The van der Waals surface area contributed by atoms with Crippen molar-refractivity contribution in [1.29, 1.82) is 0 Å². The monoisotopic (exact) mass is 459 g/mol. The Morgan fingerprint density at radius 1 is 1.12 bits per heavy atom. The molecular weight excluding hydrogens is 426 g/mol. The lowest BCUT2D eigenvalue weighted by Crippen LogP contribution is -2.44. The van der Waals surface area contributed by atoms with E-state index in [-0.39, 0.29) is 28.5 Å². The standard InChI is InChI=1S/C24H33N3O4S/c1-15(2)25-24(28)20-9-11-27(12-10-20)32(29,30)23-19(6)26-31-22(23)8-7-21-17(4)13-16(3)14-18(21)5/h7-8,13-15,20H,9-12H2,1-6H3,(H,25,28)/b8-7+. The van der Waals surface area contributed by atoms with Crippen LogP contribution < -0.4 is 5.32 Å². The van der Waals surface area contributed by atoms with Crippen molar-refractivity contribution in [1.82, 2.24) is 14.8 Å². The first-order valence-corrected chi connectivity index (χ1v) is 12.5. The van der Waals surface area contributed by atoms with Gasteiger partial charge >= 0.3 is 0 Å². The Balaban J connectivity index is 1.82. The molecule has 8 heteroatoms. The molecule has 0 bridgehead atoms. The van der Waals surface area contributed by atoms with Crippen LogP contribution in [0, 0.1) is 33.6 Å². The number of piperidine rings is 1. The van der Waals surface area contributed by atoms with Crippen molar-refractivity contribution in [2.75, 3.05) is 13.1 Å². The Labute approximate surface area is 190 Å². The zero-order valence-electron chi connectivity index (χ0n) is 19.7. The Morgan fingerprint density at radius 2 is 1.72 bits per heavy atom. The maximum absolute atomic E-state index is 13.4. The molecule has 1 aliphatic heterocycles. The van der Waals surface area contributed by atoms with Gasteiger partial charge in [0.25, 0.3) is 0 Å². The third kappa shape index (κ3) is 5.13. The summed E-state index contributed by atoms with van der Waals surface area (Å²) in [7, 11) is -3.79. The van der Waals surface area contributed by atoms with Crippen molar-refractivity contribution < 1.29 is 17.7 Å². The van der Waals surface area contributed by atoms with Gasteiger partial charge in [0.2, 0.25) is 15.9 Å². The third-order valence-corrected chi connectivity index (χ3v) is 7.88. The van der Waals surface area contributed by atoms with Crippen LogP contribution in [-0.2, 0) is 14.8 Å². The predicted molar refractivity (Wildman–Crippen MR) is 126 cm³/mol. The topological polar surface area (TPSA) is 92.5 Å². The Morgan fingerprint density at radius 3 is 2.28 bits per heavy atom. The second kappa shape index (κ2) is 9.58. The number of hydrogen-bond donors (Lipinski definition) is 1. The van der Waals surface area contributed by atoms with Crippen molar-refractivity contribution in [2.45, 2.75) is 65.3 Å². The lowest BCUT2D eigenvalue weighted by Gasteiger charge is -2.30. The summed E-state index contributed by atoms with van der Waals surface area (Å²) in [6.07, 6.45) is 4.55. The van der Waals surface area contributed by atoms with Gasteiger partial charge in [0, 0.05) is 25.0 Å². The van der Waals surface area contributed by atoms with Gasteiger partial charge in [0.15, 0.2) is 10.7 Å². The molecule has 0 atom stereocenters. The average Bonchev–Trinajstić information content (AvgIpc) is 3.08. The average molecular weight is 460 g/mol. The number of benzene rings is 1. The highest BCUT2D eigenvalue weighted by molar-refractivity contribution is 7.89. The zero-order chi connectivity index (χ0) is 23.6. The van der Waals surface area contributed by atoms with Crippen molar-refractivity contribution in [3.05, 3.63) is 45.8 Å². The lowest BCUT2D eigenvalue weighted by atomic mass is 9.97. The van der Waals surface area contributed by atoms with Gasteiger partial charge in [-0.3, -0.25) is 4.79 Å². The van der Waals surface area contributed by atoms with Crippen molar-refractivity contribution >= 4 is 28.1 Å². The van der Waals surface area contributed by atoms with E-state index in [0.29, 0.717) is 31.6 Å². The lowest BCUT2D eigenvalue weighted by molar-refractivity contribution is -0.126. The summed E-state index contributed by atoms with van der Waals surface area (Å²) in [5, 5.41) is 6.84. The summed E-state index contributed by atoms with van der Waals surface area (Å²) in [6.45, 7) is 12.2. The first-order chi connectivity index (χ1) is 15.0. The maximum Gasteiger partial charge on any atom is 0.248 e. The van der Waals surface area contributed by atoms with Crippen LogP contribution in [0.2, 0.25) is 0 Å². The van der Waals surface area contributed by atoms with Crippen LogP contribution in [0.4, 0.5) is 0 Å². The van der Waals surface area contributed by atoms with Crippen LogP contribution in [0.25, 0.3) is 12.2 Å². The van der Waals surface area contributed by atoms with E-state index in [1.165, 1.54) is 9.87 Å². The molecule has 0 radical (unpaired) electrons. The minimum atomic E-state index is -3.79. The Kier molecular flexibility index (Phi) is 7.25. The van der Waals surface area contributed by atoms with Gasteiger partial charge in [0.05, 0.1) is 0 Å². The fourth-order valence-electron chi connectivity index (χ4n) is 4.30. The second-order valence-corrected chi connectivity index (χ2v) is 10.8. The third-order valence-electron chi connectivity index (χ3n) is 5.83. The van der Waals surface area contributed by atoms with Gasteiger partial charge in [0.1, 0.15) is 5.69 Å². The molecule has 32 heavy (non-hydrogen) atoms. The molecule has 174 valence electrons. The summed E-state index contributed by atoms with van der Waals surface area (Å²) < 4.78 is 33.7. The van der Waals surface area contributed by atoms with Crippen molar-refractivity contribution in [3.63, 3.8) is 0 Å². The molecule has 1 amide bonds. The fourth-order valence-corrected chi connectivity index (χ4v) is 6.02. The van der Waals surface area contributed by atoms with Crippen molar-refractivity contribution in [2.24, 2.45) is 5.92 Å². The van der Waals surface area contributed by atoms with Crippen molar-refractivity contribution in [3.8, 4) is 0 Å². The number of aromatic nitrogens is 1. The number of aryl methyl sites for hydroxylation is 4. The number of rotatable bonds is 6. The van der Waals surface area contributed by atoms with E-state index in [9.17, 15) is 13.2 Å². The van der Waals surface area contributed by atoms with Crippen LogP contribution in [-0.4, -0.2) is 42.9 Å². The minimum absolute atomic E-state index is 0.00864. The summed E-state index contributed by atoms with van der Waals surface area (Å²) in [5.41, 5.74) is 4.77. The maximum atomic E-state index is 13.4. The molecule has 0 aliphatic carbocycles. The van der Waals surface area contributed by atoms with E-state index >= 15 is 0 Å². The van der Waals surface area contributed by atoms with Crippen LogP contribution in [0.3, 0.4) is 0 Å². The number of nitrogens with one attached hydrogen (secondary N) is 1. The molecule has 1 saturated heterocycles. The molecule has 0 spiro atoms. The van der Waals surface area contributed by atoms with Gasteiger partial charge in [-0.2, -0.15) is 4.31 Å². The van der Waals surface area contributed by atoms with E-state index < -0.39 is 10.0 Å². The van der Waals surface area contributed by atoms with E-state index in [1.54, 1.807) is 13.0 Å². The zero-order valence-corrected chi connectivity index (χ0v) is 20.5. The number of nitrogens with zero attached hydrogens (tertiary/aromatic N) is 2. The molecule has 2 aromatic rings. The summed E-state index contributed by atoms with van der Waals surface area (Å²) in [6, 6.07) is 4.25. The smallest absolute Gasteiger partial charge is 0.248 e. The first kappa shape index (κ1) is 24.2. The normalized spacial score (nSPS) is 16.2. The summed E-state index contributed by atoms with van der Waals surface area (Å²) in [5.74, 6) is 0.0477. The highest BCUT2D eigenvalue weighted by Gasteiger charge is 2.36. The molecule has 2 heterocycles. The van der Waals surface area contributed by atoms with Gasteiger partial charge in [-0.15, -0.1) is 0 Å². The molecule has 1 fully saturated rings. The Bertz CT molecular complexity index is 1100. The van der Waals surface area contributed by atoms with E-state index in [4.69, 9.17) is 4.52 Å². The highest BCUT2D eigenvalue weighted by Crippen LogP contribution is 2.30. The number of hydrogen-bond acceptors (Lipinski definition) is 5. The number of carbonyl (C=O) groups is 1. The Hall–Kier alpha value is -2.45. The number of sulfonamides is 1. The van der Waals surface area contributed by atoms with E-state index in [1.807, 2.05) is 40.7 Å². The molecule has 0 unspecified atom stereocenters. The molecule has 1 aliphatic rings. The van der Waals surface area contributed by atoms with Gasteiger partial charge in [-0.1, -0.05) is 28.9 Å². The van der Waals surface area contributed by atoms with E-state index in [2.05, 4.69) is 22.6 Å². The fraction of sp³-hybridized carbons (Fsp3) is 0.500. The number of carbonyl (C=O) groups excluding carboxylic acids is 1. The molecular formula is C24H33N3O4S. The quantitative estimate of drug-likeness (QED) is 0.705. The van der Waals surface area contributed by atoms with E-state index in [0.717, 1.165) is 16.7 Å².